The summed E-state index contributed by atoms with van der Waals surface area (Å²) in [6.07, 6.45) is 0.852. The van der Waals surface area contributed by atoms with Gasteiger partial charge in [0.05, 0.1) is 5.75 Å². The number of nitrogens with zero attached hydrogens (tertiary/aromatic N) is 1. The van der Waals surface area contributed by atoms with Crippen LogP contribution in [-0.4, -0.2) is 35.9 Å². The van der Waals surface area contributed by atoms with E-state index in [9.17, 15) is 9.59 Å². The molecule has 0 fully saturated rings. The highest BCUT2D eigenvalue weighted by Crippen LogP contribution is 2.21. The summed E-state index contributed by atoms with van der Waals surface area (Å²) >= 11 is 1.51. The molecule has 0 unspecified atom stereocenters. The summed E-state index contributed by atoms with van der Waals surface area (Å²) in [7, 11) is 0. The smallest absolute Gasteiger partial charge is 0.232 e. The Labute approximate surface area is 113 Å². The number of amides is 1. The molecule has 0 aliphatic heterocycles. The molecule has 1 aromatic rings. The Balaban J connectivity index is 2.61. The summed E-state index contributed by atoms with van der Waals surface area (Å²) in [6.45, 7) is 7.36. The Bertz CT molecular complexity index is 428. The Morgan fingerprint density at radius 1 is 1.33 bits per heavy atom. The molecule has 98 valence electrons. The highest BCUT2D eigenvalue weighted by molar-refractivity contribution is 8.00. The van der Waals surface area contributed by atoms with Crippen molar-refractivity contribution in [3.05, 3.63) is 29.3 Å². The first kappa shape index (κ1) is 14.8. The molecule has 0 atom stereocenters. The average molecular weight is 265 g/mol. The topological polar surface area (TPSA) is 37.4 Å². The van der Waals surface area contributed by atoms with Crippen molar-refractivity contribution in [3.8, 4) is 0 Å². The Morgan fingerprint density at radius 3 is 2.50 bits per heavy atom. The number of carbonyl (C=O) groups excluding carboxylic acids is 2. The maximum Gasteiger partial charge on any atom is 0.232 e. The molecule has 0 bridgehead atoms. The Kier molecular flexibility index (Phi) is 5.92. The van der Waals surface area contributed by atoms with Crippen LogP contribution in [0.4, 0.5) is 0 Å². The molecule has 0 heterocycles. The second kappa shape index (κ2) is 7.21. The maximum absolute atomic E-state index is 11.8. The van der Waals surface area contributed by atoms with Crippen LogP contribution in [0.5, 0.6) is 0 Å². The predicted octanol–water partition coefficient (Wildman–Crippen LogP) is 2.77. The van der Waals surface area contributed by atoms with Gasteiger partial charge in [0.15, 0.2) is 0 Å². The first-order valence-corrected chi connectivity index (χ1v) is 7.07. The molecule has 1 amide bonds. The lowest BCUT2D eigenvalue weighted by molar-refractivity contribution is -0.127. The molecule has 18 heavy (non-hydrogen) atoms. The third kappa shape index (κ3) is 3.88. The number of carbonyl (C=O) groups is 2. The number of thioether (sulfide) groups is 1. The molecular weight excluding hydrogens is 246 g/mol. The van der Waals surface area contributed by atoms with Gasteiger partial charge in [0.1, 0.15) is 6.29 Å². The molecule has 1 aromatic carbocycles. The van der Waals surface area contributed by atoms with Crippen LogP contribution in [0.1, 0.15) is 29.8 Å². The van der Waals surface area contributed by atoms with Gasteiger partial charge in [-0.15, -0.1) is 11.8 Å². The lowest BCUT2D eigenvalue weighted by atomic mass is 10.1. The van der Waals surface area contributed by atoms with E-state index in [-0.39, 0.29) is 5.91 Å². The largest absolute Gasteiger partial charge is 0.343 e. The van der Waals surface area contributed by atoms with Crippen molar-refractivity contribution in [1.29, 1.82) is 0 Å². The van der Waals surface area contributed by atoms with E-state index in [1.807, 2.05) is 37.8 Å². The minimum Gasteiger partial charge on any atom is -0.343 e. The van der Waals surface area contributed by atoms with Gasteiger partial charge in [-0.25, -0.2) is 0 Å². The van der Waals surface area contributed by atoms with Gasteiger partial charge < -0.3 is 4.90 Å². The van der Waals surface area contributed by atoms with Crippen molar-refractivity contribution in [1.82, 2.24) is 4.90 Å². The molecule has 0 aromatic heterocycles. The zero-order valence-electron chi connectivity index (χ0n) is 11.1. The molecule has 0 radical (unpaired) electrons. The lowest BCUT2D eigenvalue weighted by Crippen LogP contribution is -2.31. The zero-order valence-corrected chi connectivity index (χ0v) is 11.9. The predicted molar refractivity (Wildman–Crippen MR) is 75.2 cm³/mol. The second-order valence-corrected chi connectivity index (χ2v) is 5.04. The molecule has 0 spiro atoms. The van der Waals surface area contributed by atoms with Gasteiger partial charge in [-0.2, -0.15) is 0 Å². The van der Waals surface area contributed by atoms with Crippen LogP contribution < -0.4 is 0 Å². The van der Waals surface area contributed by atoms with Crippen LogP contribution in [0.25, 0.3) is 0 Å². The van der Waals surface area contributed by atoms with Gasteiger partial charge in [-0.05, 0) is 38.5 Å². The van der Waals surface area contributed by atoms with Crippen LogP contribution in [0.3, 0.4) is 0 Å². The summed E-state index contributed by atoms with van der Waals surface area (Å²) in [5.41, 5.74) is 1.65. The van der Waals surface area contributed by atoms with E-state index < -0.39 is 0 Å². The van der Waals surface area contributed by atoms with E-state index in [0.29, 0.717) is 11.3 Å². The van der Waals surface area contributed by atoms with Crippen molar-refractivity contribution in [2.75, 3.05) is 18.8 Å². The van der Waals surface area contributed by atoms with Crippen LogP contribution in [0.15, 0.2) is 23.1 Å². The third-order valence-electron chi connectivity index (χ3n) is 2.85. The highest BCUT2D eigenvalue weighted by atomic mass is 32.2. The van der Waals surface area contributed by atoms with Crippen molar-refractivity contribution in [2.45, 2.75) is 25.7 Å². The fourth-order valence-corrected chi connectivity index (χ4v) is 2.58. The molecule has 0 saturated heterocycles. The minimum absolute atomic E-state index is 0.155. The summed E-state index contributed by atoms with van der Waals surface area (Å²) < 4.78 is 0. The van der Waals surface area contributed by atoms with E-state index in [1.54, 1.807) is 6.07 Å². The maximum atomic E-state index is 11.8. The highest BCUT2D eigenvalue weighted by Gasteiger charge is 2.10. The van der Waals surface area contributed by atoms with E-state index in [1.165, 1.54) is 11.8 Å². The van der Waals surface area contributed by atoms with Crippen molar-refractivity contribution in [2.24, 2.45) is 0 Å². The average Bonchev–Trinajstić information content (AvgIpc) is 2.38. The molecule has 0 aliphatic rings. The lowest BCUT2D eigenvalue weighted by Gasteiger charge is -2.18. The van der Waals surface area contributed by atoms with Crippen LogP contribution >= 0.6 is 11.8 Å². The van der Waals surface area contributed by atoms with Crippen LogP contribution in [-0.2, 0) is 4.79 Å². The first-order chi connectivity index (χ1) is 8.62. The van der Waals surface area contributed by atoms with Gasteiger partial charge in [0, 0.05) is 23.5 Å². The number of hydrogen-bond acceptors (Lipinski definition) is 3. The standard InChI is InChI=1S/C14H19NO2S/c1-4-15(5-2)14(17)10-18-13-7-6-12(9-16)11(3)8-13/h6-9H,4-5,10H2,1-3H3. The number of aldehydes is 1. The third-order valence-corrected chi connectivity index (χ3v) is 3.83. The van der Waals surface area contributed by atoms with Crippen LogP contribution in [0.2, 0.25) is 0 Å². The molecular formula is C14H19NO2S. The van der Waals surface area contributed by atoms with Gasteiger partial charge in [-0.3, -0.25) is 9.59 Å². The number of hydrogen-bond donors (Lipinski definition) is 0. The first-order valence-electron chi connectivity index (χ1n) is 6.08. The van der Waals surface area contributed by atoms with Gasteiger partial charge in [0.25, 0.3) is 0 Å². The number of benzene rings is 1. The summed E-state index contributed by atoms with van der Waals surface area (Å²) in [6, 6.07) is 5.63. The number of aryl methyl sites for hydroxylation is 1. The minimum atomic E-state index is 0.155. The van der Waals surface area contributed by atoms with E-state index in [4.69, 9.17) is 0 Å². The summed E-state index contributed by atoms with van der Waals surface area (Å²) in [5, 5.41) is 0. The quantitative estimate of drug-likeness (QED) is 0.586. The van der Waals surface area contributed by atoms with Crippen LogP contribution in [0, 0.1) is 6.92 Å². The Hall–Kier alpha value is -1.29. The Morgan fingerprint density at radius 2 is 2.00 bits per heavy atom. The molecule has 0 saturated carbocycles. The van der Waals surface area contributed by atoms with Gasteiger partial charge in [0.2, 0.25) is 5.91 Å². The number of rotatable bonds is 6. The van der Waals surface area contributed by atoms with Crippen molar-refractivity contribution < 1.29 is 9.59 Å². The molecule has 3 nitrogen and oxygen atoms in total. The van der Waals surface area contributed by atoms with Crippen molar-refractivity contribution in [3.63, 3.8) is 0 Å². The molecule has 4 heteroatoms. The van der Waals surface area contributed by atoms with Gasteiger partial charge in [-0.1, -0.05) is 6.07 Å². The van der Waals surface area contributed by atoms with E-state index in [2.05, 4.69) is 0 Å². The van der Waals surface area contributed by atoms with E-state index >= 15 is 0 Å². The molecule has 1 rings (SSSR count). The van der Waals surface area contributed by atoms with Gasteiger partial charge >= 0.3 is 0 Å². The normalized spacial score (nSPS) is 10.2. The summed E-state index contributed by atoms with van der Waals surface area (Å²) in [4.78, 5) is 25.4. The fourth-order valence-electron chi connectivity index (χ4n) is 1.68. The van der Waals surface area contributed by atoms with Crippen molar-refractivity contribution >= 4 is 24.0 Å². The van der Waals surface area contributed by atoms with E-state index in [0.717, 1.165) is 29.8 Å². The fraction of sp³-hybridized carbons (Fsp3) is 0.429. The SMILES string of the molecule is CCN(CC)C(=O)CSc1ccc(C=O)c(C)c1. The second-order valence-electron chi connectivity index (χ2n) is 3.99. The monoisotopic (exact) mass is 265 g/mol. The summed E-state index contributed by atoms with van der Waals surface area (Å²) in [5.74, 6) is 0.601. The molecule has 0 N–H and O–H groups in total. The molecule has 0 aliphatic carbocycles. The zero-order chi connectivity index (χ0) is 13.5.